The summed E-state index contributed by atoms with van der Waals surface area (Å²) < 4.78 is 62.2. The third-order valence-corrected chi connectivity index (χ3v) is 9.42. The van der Waals surface area contributed by atoms with Gasteiger partial charge < -0.3 is 9.73 Å². The van der Waals surface area contributed by atoms with E-state index in [1.54, 1.807) is 42.5 Å². The van der Waals surface area contributed by atoms with Crippen LogP contribution in [0.15, 0.2) is 83.3 Å². The van der Waals surface area contributed by atoms with E-state index in [4.69, 9.17) is 9.52 Å². The molecule has 6 aromatic rings. The fraction of sp³-hybridized carbons (Fsp3) is 0.216. The van der Waals surface area contributed by atoms with E-state index in [1.807, 2.05) is 20.8 Å². The third-order valence-electron chi connectivity index (χ3n) is 8.23. The van der Waals surface area contributed by atoms with E-state index >= 15 is 0 Å². The molecule has 12 heteroatoms. The standard InChI is InChI=1S/C37H34F2N4O5S/c1-37(2,3)20-32(44)43-29-16-11-23(17-27(29)34(41-43)21-7-12-24(38)13-8-21)26-18-28-31(19-30(26)42(5)49(6,46)47)48-35(33(28)36(45)40-4)22-9-14-25(39)15-10-22/h7-19H,20H2,1-6H3,(H,40,45). The summed E-state index contributed by atoms with van der Waals surface area (Å²) >= 11 is 0. The summed E-state index contributed by atoms with van der Waals surface area (Å²) in [7, 11) is -0.895. The topological polar surface area (TPSA) is 115 Å². The van der Waals surface area contributed by atoms with Crippen molar-refractivity contribution in [3.63, 3.8) is 0 Å². The number of anilines is 1. The zero-order chi connectivity index (χ0) is 35.4. The van der Waals surface area contributed by atoms with Crippen molar-refractivity contribution >= 4 is 49.4 Å². The molecule has 252 valence electrons. The second-order valence-electron chi connectivity index (χ2n) is 13.1. The first kappa shape index (κ1) is 33.5. The Kier molecular flexibility index (Phi) is 8.39. The molecule has 2 heterocycles. The minimum atomic E-state index is -3.78. The minimum Gasteiger partial charge on any atom is -0.455 e. The molecule has 49 heavy (non-hydrogen) atoms. The lowest BCUT2D eigenvalue weighted by Crippen LogP contribution is -2.25. The van der Waals surface area contributed by atoms with E-state index in [-0.39, 0.29) is 40.3 Å². The number of rotatable bonds is 7. The Labute approximate surface area is 282 Å². The summed E-state index contributed by atoms with van der Waals surface area (Å²) in [5, 5.41) is 8.30. The number of carbonyl (C=O) groups is 2. The highest BCUT2D eigenvalue weighted by Crippen LogP contribution is 2.43. The van der Waals surface area contributed by atoms with Crippen LogP contribution in [-0.4, -0.2) is 50.4 Å². The van der Waals surface area contributed by atoms with Crippen molar-refractivity contribution in [2.45, 2.75) is 27.2 Å². The summed E-state index contributed by atoms with van der Waals surface area (Å²) in [5.74, 6) is -1.38. The maximum absolute atomic E-state index is 13.9. The molecule has 0 bridgehead atoms. The number of aromatic nitrogens is 2. The molecule has 0 spiro atoms. The lowest BCUT2D eigenvalue weighted by atomic mass is 9.92. The molecule has 0 aliphatic carbocycles. The van der Waals surface area contributed by atoms with Crippen molar-refractivity contribution in [3.8, 4) is 33.7 Å². The summed E-state index contributed by atoms with van der Waals surface area (Å²) in [4.78, 5) is 26.8. The van der Waals surface area contributed by atoms with E-state index < -0.39 is 27.6 Å². The molecule has 0 unspecified atom stereocenters. The van der Waals surface area contributed by atoms with Crippen LogP contribution in [0.5, 0.6) is 0 Å². The largest absolute Gasteiger partial charge is 0.455 e. The number of carbonyl (C=O) groups excluding carboxylic acids is 2. The van der Waals surface area contributed by atoms with E-state index in [1.165, 1.54) is 55.2 Å². The molecule has 0 atom stereocenters. The quantitative estimate of drug-likeness (QED) is 0.183. The zero-order valence-electron chi connectivity index (χ0n) is 27.8. The number of nitrogens with zero attached hydrogens (tertiary/aromatic N) is 3. The van der Waals surface area contributed by atoms with E-state index in [2.05, 4.69) is 5.32 Å². The van der Waals surface area contributed by atoms with Crippen molar-refractivity contribution in [3.05, 3.63) is 96.1 Å². The number of benzene rings is 4. The number of amides is 1. The van der Waals surface area contributed by atoms with Crippen LogP contribution >= 0.6 is 0 Å². The molecule has 1 amide bonds. The number of hydrogen-bond donors (Lipinski definition) is 1. The lowest BCUT2D eigenvalue weighted by Gasteiger charge is -2.21. The van der Waals surface area contributed by atoms with Gasteiger partial charge in [0.1, 0.15) is 28.7 Å². The Bertz CT molecular complexity index is 2370. The maximum Gasteiger partial charge on any atom is 0.255 e. The van der Waals surface area contributed by atoms with Crippen LogP contribution in [0, 0.1) is 17.0 Å². The number of halogens is 2. The zero-order valence-corrected chi connectivity index (χ0v) is 28.6. The normalized spacial score (nSPS) is 12.1. The van der Waals surface area contributed by atoms with Crippen molar-refractivity contribution in [2.75, 3.05) is 24.7 Å². The van der Waals surface area contributed by atoms with Crippen LogP contribution < -0.4 is 9.62 Å². The summed E-state index contributed by atoms with van der Waals surface area (Å²) in [5.41, 5.74) is 3.35. The highest BCUT2D eigenvalue weighted by atomic mass is 32.2. The van der Waals surface area contributed by atoms with Gasteiger partial charge in [-0.05, 0) is 77.7 Å². The predicted octanol–water partition coefficient (Wildman–Crippen LogP) is 7.89. The van der Waals surface area contributed by atoms with E-state index in [0.29, 0.717) is 44.2 Å². The van der Waals surface area contributed by atoms with Gasteiger partial charge in [-0.1, -0.05) is 26.8 Å². The lowest BCUT2D eigenvalue weighted by molar-refractivity contribution is 0.0846. The molecule has 6 rings (SSSR count). The van der Waals surface area contributed by atoms with Gasteiger partial charge in [0.15, 0.2) is 0 Å². The molecule has 0 aliphatic heterocycles. The number of hydrogen-bond acceptors (Lipinski definition) is 6. The second-order valence-corrected chi connectivity index (χ2v) is 15.1. The average Bonchev–Trinajstić information content (AvgIpc) is 3.61. The fourth-order valence-corrected chi connectivity index (χ4v) is 6.29. The summed E-state index contributed by atoms with van der Waals surface area (Å²) in [6.07, 6.45) is 1.29. The molecular weight excluding hydrogens is 650 g/mol. The van der Waals surface area contributed by atoms with Gasteiger partial charge in [0.2, 0.25) is 15.9 Å². The highest BCUT2D eigenvalue weighted by Gasteiger charge is 2.27. The predicted molar refractivity (Wildman–Crippen MR) is 187 cm³/mol. The minimum absolute atomic E-state index is 0.187. The Morgan fingerprint density at radius 2 is 1.47 bits per heavy atom. The molecule has 0 saturated heterocycles. The molecule has 0 aliphatic rings. The second kappa shape index (κ2) is 12.3. The van der Waals surface area contributed by atoms with Gasteiger partial charge in [-0.3, -0.25) is 13.9 Å². The molecule has 0 saturated carbocycles. The molecule has 2 aromatic heterocycles. The van der Waals surface area contributed by atoms with E-state index in [0.717, 1.165) is 10.6 Å². The molecular formula is C37H34F2N4O5S. The van der Waals surface area contributed by atoms with Crippen LogP contribution in [0.1, 0.15) is 42.3 Å². The number of sulfonamides is 1. The molecule has 4 aromatic carbocycles. The van der Waals surface area contributed by atoms with Crippen molar-refractivity contribution in [1.82, 2.24) is 15.1 Å². The van der Waals surface area contributed by atoms with Gasteiger partial charge in [0.05, 0.1) is 23.0 Å². The van der Waals surface area contributed by atoms with Gasteiger partial charge in [0, 0.05) is 54.0 Å². The Balaban J connectivity index is 1.65. The van der Waals surface area contributed by atoms with Crippen LogP contribution in [0.4, 0.5) is 14.5 Å². The van der Waals surface area contributed by atoms with Crippen molar-refractivity contribution in [1.29, 1.82) is 0 Å². The maximum atomic E-state index is 13.9. The van der Waals surface area contributed by atoms with Gasteiger partial charge >= 0.3 is 0 Å². The average molecular weight is 685 g/mol. The first-order valence-corrected chi connectivity index (χ1v) is 17.3. The van der Waals surface area contributed by atoms with E-state index in [9.17, 15) is 26.8 Å². The van der Waals surface area contributed by atoms with Crippen molar-refractivity contribution < 1.29 is 31.2 Å². The number of fused-ring (bicyclic) bond motifs is 2. The van der Waals surface area contributed by atoms with Gasteiger partial charge in [-0.25, -0.2) is 17.2 Å². The van der Waals surface area contributed by atoms with Crippen LogP contribution in [-0.2, 0) is 10.0 Å². The van der Waals surface area contributed by atoms with Crippen LogP contribution in [0.3, 0.4) is 0 Å². The number of nitrogens with one attached hydrogen (secondary N) is 1. The number of furan rings is 1. The smallest absolute Gasteiger partial charge is 0.255 e. The fourth-order valence-electron chi connectivity index (χ4n) is 5.78. The molecule has 0 radical (unpaired) electrons. The van der Waals surface area contributed by atoms with Gasteiger partial charge in [-0.15, -0.1) is 0 Å². The highest BCUT2D eigenvalue weighted by molar-refractivity contribution is 7.92. The SMILES string of the molecule is CNC(=O)c1c(-c2ccc(F)cc2)oc2cc(N(C)S(C)(=O)=O)c(-c3ccc4c(c3)c(-c3ccc(F)cc3)nn4C(=O)CC(C)(C)C)cc12. The molecule has 1 N–H and O–H groups in total. The van der Waals surface area contributed by atoms with Crippen LogP contribution in [0.25, 0.3) is 55.6 Å². The Hall–Kier alpha value is -5.36. The first-order chi connectivity index (χ1) is 23.1. The Morgan fingerprint density at radius 1 is 0.878 bits per heavy atom. The monoisotopic (exact) mass is 684 g/mol. The Morgan fingerprint density at radius 3 is 2.04 bits per heavy atom. The molecule has 0 fully saturated rings. The summed E-state index contributed by atoms with van der Waals surface area (Å²) in [6.45, 7) is 5.86. The molecule has 9 nitrogen and oxygen atoms in total. The first-order valence-electron chi connectivity index (χ1n) is 15.4. The van der Waals surface area contributed by atoms with Gasteiger partial charge in [0.25, 0.3) is 5.91 Å². The van der Waals surface area contributed by atoms with Gasteiger partial charge in [-0.2, -0.15) is 9.78 Å². The van der Waals surface area contributed by atoms with Crippen LogP contribution in [0.2, 0.25) is 0 Å². The summed E-state index contributed by atoms with van der Waals surface area (Å²) in [6, 6.07) is 19.8. The third kappa shape index (κ3) is 6.43. The van der Waals surface area contributed by atoms with Crippen molar-refractivity contribution in [2.24, 2.45) is 5.41 Å².